The first-order chi connectivity index (χ1) is 13.3. The molecule has 0 bridgehead atoms. The van der Waals surface area contributed by atoms with Crippen molar-refractivity contribution in [2.24, 2.45) is 0 Å². The van der Waals surface area contributed by atoms with Crippen molar-refractivity contribution in [1.82, 2.24) is 0 Å². The highest BCUT2D eigenvalue weighted by molar-refractivity contribution is 6.30. The molecule has 0 spiro atoms. The third-order valence-corrected chi connectivity index (χ3v) is 5.12. The van der Waals surface area contributed by atoms with Crippen LogP contribution in [0.3, 0.4) is 0 Å². The summed E-state index contributed by atoms with van der Waals surface area (Å²) in [5.41, 5.74) is 2.55. The Balaban J connectivity index is 1.72. The maximum atomic E-state index is 11.5. The van der Waals surface area contributed by atoms with Crippen molar-refractivity contribution in [3.05, 3.63) is 64.7 Å². The summed E-state index contributed by atoms with van der Waals surface area (Å²) in [4.78, 5) is 11.5. The highest BCUT2D eigenvalue weighted by Crippen LogP contribution is 2.25. The normalized spacial score (nSPS) is 12.6. The minimum atomic E-state index is -0.902. The number of halogens is 1. The third-order valence-electron chi connectivity index (χ3n) is 4.87. The predicted octanol–water partition coefficient (Wildman–Crippen LogP) is 6.66. The first kappa shape index (κ1) is 22.3. The van der Waals surface area contributed by atoms with Crippen molar-refractivity contribution in [3.63, 3.8) is 0 Å². The Morgan fingerprint density at radius 3 is 2.14 bits per heavy atom. The van der Waals surface area contributed by atoms with Crippen LogP contribution in [0.4, 0.5) is 0 Å². The topological polar surface area (TPSA) is 46.5 Å². The van der Waals surface area contributed by atoms with Gasteiger partial charge in [0.15, 0.2) is 6.10 Å². The molecule has 0 aliphatic heterocycles. The van der Waals surface area contributed by atoms with Gasteiger partial charge in [0.05, 0.1) is 0 Å². The molecule has 0 heterocycles. The fourth-order valence-electron chi connectivity index (χ4n) is 3.09. The minimum absolute atomic E-state index is 0.0662. The first-order valence-electron chi connectivity index (χ1n) is 10.00. The molecule has 1 atom stereocenters. The van der Waals surface area contributed by atoms with Crippen molar-refractivity contribution in [2.45, 2.75) is 70.8 Å². The van der Waals surface area contributed by atoms with E-state index in [-0.39, 0.29) is 5.41 Å². The van der Waals surface area contributed by atoms with E-state index in [9.17, 15) is 9.90 Å². The van der Waals surface area contributed by atoms with E-state index >= 15 is 0 Å². The van der Waals surface area contributed by atoms with Gasteiger partial charge in [-0.15, -0.1) is 0 Å². The molecule has 0 aromatic heterocycles. The van der Waals surface area contributed by atoms with Gasteiger partial charge in [0, 0.05) is 5.02 Å². The number of carboxylic acid groups (broad SMARTS) is 1. The van der Waals surface area contributed by atoms with Gasteiger partial charge >= 0.3 is 5.97 Å². The van der Waals surface area contributed by atoms with Crippen LogP contribution in [0.15, 0.2) is 48.5 Å². The molecular weight excluding hydrogens is 372 g/mol. The Bertz CT molecular complexity index is 730. The Hall–Kier alpha value is -2.00. The molecule has 2 rings (SSSR count). The fourth-order valence-corrected chi connectivity index (χ4v) is 3.22. The van der Waals surface area contributed by atoms with Crippen molar-refractivity contribution < 1.29 is 14.6 Å². The Morgan fingerprint density at radius 2 is 1.57 bits per heavy atom. The summed E-state index contributed by atoms with van der Waals surface area (Å²) in [5.74, 6) is -0.288. The summed E-state index contributed by atoms with van der Waals surface area (Å²) in [6.45, 7) is 6.45. The lowest BCUT2D eigenvalue weighted by atomic mass is 9.87. The molecule has 2 aromatic carbocycles. The molecule has 0 aliphatic carbocycles. The fraction of sp³-hybridized carbons (Fsp3) is 0.458. The first-order valence-corrected chi connectivity index (χ1v) is 10.4. The van der Waals surface area contributed by atoms with Crippen LogP contribution in [0.5, 0.6) is 5.75 Å². The number of hydrogen-bond donors (Lipinski definition) is 1. The van der Waals surface area contributed by atoms with E-state index in [0.29, 0.717) is 12.2 Å². The predicted molar refractivity (Wildman–Crippen MR) is 115 cm³/mol. The van der Waals surface area contributed by atoms with E-state index in [1.165, 1.54) is 11.1 Å². The van der Waals surface area contributed by atoms with E-state index in [2.05, 4.69) is 32.9 Å². The summed E-state index contributed by atoms with van der Waals surface area (Å²) in [7, 11) is 0. The maximum Gasteiger partial charge on any atom is 0.344 e. The zero-order valence-corrected chi connectivity index (χ0v) is 17.8. The molecule has 1 unspecified atom stereocenters. The SMILES string of the molecule is CC(C)(C)c1ccc(OC(CCCCCCc2ccc(Cl)cc2)C(=O)O)cc1. The van der Waals surface area contributed by atoms with Crippen LogP contribution in [0.2, 0.25) is 5.02 Å². The summed E-state index contributed by atoms with van der Waals surface area (Å²) in [5, 5.41) is 10.2. The molecule has 1 N–H and O–H groups in total. The smallest absolute Gasteiger partial charge is 0.344 e. The molecule has 4 heteroatoms. The average molecular weight is 403 g/mol. The van der Waals surface area contributed by atoms with Crippen LogP contribution in [0.25, 0.3) is 0 Å². The van der Waals surface area contributed by atoms with Gasteiger partial charge in [-0.05, 0) is 66.5 Å². The monoisotopic (exact) mass is 402 g/mol. The molecule has 0 saturated heterocycles. The molecule has 152 valence electrons. The quantitative estimate of drug-likeness (QED) is 0.452. The lowest BCUT2D eigenvalue weighted by Crippen LogP contribution is -2.27. The van der Waals surface area contributed by atoms with Crippen molar-refractivity contribution in [3.8, 4) is 5.75 Å². The Morgan fingerprint density at radius 1 is 0.964 bits per heavy atom. The van der Waals surface area contributed by atoms with Gasteiger partial charge < -0.3 is 9.84 Å². The van der Waals surface area contributed by atoms with Crippen molar-refractivity contribution in [1.29, 1.82) is 0 Å². The number of carbonyl (C=O) groups is 1. The highest BCUT2D eigenvalue weighted by Gasteiger charge is 2.19. The van der Waals surface area contributed by atoms with Crippen molar-refractivity contribution >= 4 is 17.6 Å². The van der Waals surface area contributed by atoms with Crippen LogP contribution >= 0.6 is 11.6 Å². The summed E-state index contributed by atoms with van der Waals surface area (Å²) >= 11 is 5.90. The average Bonchev–Trinajstić information content (AvgIpc) is 2.64. The molecular formula is C24H31ClO3. The second kappa shape index (κ2) is 10.5. The van der Waals surface area contributed by atoms with E-state index in [1.54, 1.807) is 0 Å². The van der Waals surface area contributed by atoms with Gasteiger partial charge in [0.25, 0.3) is 0 Å². The highest BCUT2D eigenvalue weighted by atomic mass is 35.5. The Kier molecular flexibility index (Phi) is 8.37. The van der Waals surface area contributed by atoms with Gasteiger partial charge in [0.2, 0.25) is 0 Å². The van der Waals surface area contributed by atoms with E-state index in [1.807, 2.05) is 36.4 Å². The van der Waals surface area contributed by atoms with E-state index < -0.39 is 12.1 Å². The van der Waals surface area contributed by atoms with Crippen molar-refractivity contribution in [2.75, 3.05) is 0 Å². The van der Waals surface area contributed by atoms with E-state index in [0.717, 1.165) is 37.1 Å². The molecule has 28 heavy (non-hydrogen) atoms. The summed E-state index contributed by atoms with van der Waals surface area (Å²) < 4.78 is 5.72. The summed E-state index contributed by atoms with van der Waals surface area (Å²) in [6.07, 6.45) is 4.77. The second-order valence-corrected chi connectivity index (χ2v) is 8.73. The zero-order chi connectivity index (χ0) is 20.6. The standard InChI is InChI=1S/C24H31ClO3/c1-24(2,3)19-12-16-21(17-13-19)28-22(23(26)27)9-7-5-4-6-8-18-10-14-20(25)15-11-18/h10-17,22H,4-9H2,1-3H3,(H,26,27). The summed E-state index contributed by atoms with van der Waals surface area (Å²) in [6, 6.07) is 15.7. The Labute approximate surface area is 173 Å². The molecule has 2 aromatic rings. The van der Waals surface area contributed by atoms with E-state index in [4.69, 9.17) is 16.3 Å². The number of carboxylic acids is 1. The number of unbranched alkanes of at least 4 members (excludes halogenated alkanes) is 3. The number of ether oxygens (including phenoxy) is 1. The molecule has 0 amide bonds. The number of hydrogen-bond acceptors (Lipinski definition) is 2. The molecule has 3 nitrogen and oxygen atoms in total. The largest absolute Gasteiger partial charge is 0.479 e. The van der Waals surface area contributed by atoms with Crippen LogP contribution < -0.4 is 4.74 Å². The van der Waals surface area contributed by atoms with Crippen LogP contribution in [0, 0.1) is 0 Å². The van der Waals surface area contributed by atoms with Crippen LogP contribution in [-0.2, 0) is 16.6 Å². The van der Waals surface area contributed by atoms with Gasteiger partial charge in [-0.25, -0.2) is 4.79 Å². The van der Waals surface area contributed by atoms with Gasteiger partial charge in [-0.1, -0.05) is 69.5 Å². The lowest BCUT2D eigenvalue weighted by Gasteiger charge is -2.20. The molecule has 0 saturated carbocycles. The van der Waals surface area contributed by atoms with Crippen LogP contribution in [0.1, 0.15) is 64.0 Å². The number of aryl methyl sites for hydroxylation is 1. The number of rotatable bonds is 10. The van der Waals surface area contributed by atoms with Gasteiger partial charge in [-0.3, -0.25) is 0 Å². The zero-order valence-electron chi connectivity index (χ0n) is 17.1. The maximum absolute atomic E-state index is 11.5. The van der Waals surface area contributed by atoms with Gasteiger partial charge in [0.1, 0.15) is 5.75 Å². The number of aliphatic carboxylic acids is 1. The van der Waals surface area contributed by atoms with Crippen LogP contribution in [-0.4, -0.2) is 17.2 Å². The third kappa shape index (κ3) is 7.55. The minimum Gasteiger partial charge on any atom is -0.479 e. The molecule has 0 radical (unpaired) electrons. The lowest BCUT2D eigenvalue weighted by molar-refractivity contribution is -0.145. The second-order valence-electron chi connectivity index (χ2n) is 8.30. The van der Waals surface area contributed by atoms with Gasteiger partial charge in [-0.2, -0.15) is 0 Å². The molecule has 0 aliphatic rings. The number of benzene rings is 2. The molecule has 0 fully saturated rings.